The van der Waals surface area contributed by atoms with Crippen molar-refractivity contribution in [3.8, 4) is 0 Å². The number of nitrogens with zero attached hydrogens (tertiary/aromatic N) is 1. The Morgan fingerprint density at radius 2 is 1.63 bits per heavy atom. The number of aryl methyl sites for hydroxylation is 1. The summed E-state index contributed by atoms with van der Waals surface area (Å²) in [7, 11) is 0. The van der Waals surface area contributed by atoms with E-state index < -0.39 is 0 Å². The van der Waals surface area contributed by atoms with Crippen molar-refractivity contribution >= 4 is 34.7 Å². The number of fused-ring (bicyclic) bond motifs is 2. The topological polar surface area (TPSA) is 32.3 Å². The Labute approximate surface area is 162 Å². The zero-order valence-electron chi connectivity index (χ0n) is 14.9. The van der Waals surface area contributed by atoms with Gasteiger partial charge in [0.05, 0.1) is 11.4 Å². The summed E-state index contributed by atoms with van der Waals surface area (Å²) in [5, 5.41) is 2.89. The van der Waals surface area contributed by atoms with Crippen LogP contribution in [0.5, 0.6) is 0 Å². The number of para-hydroxylation sites is 2. The zero-order chi connectivity index (χ0) is 18.8. The molecule has 0 atom stereocenters. The van der Waals surface area contributed by atoms with Crippen LogP contribution in [-0.4, -0.2) is 12.5 Å². The van der Waals surface area contributed by atoms with Crippen LogP contribution in [0.3, 0.4) is 0 Å². The fourth-order valence-electron chi connectivity index (χ4n) is 3.22. The molecule has 0 saturated carbocycles. The van der Waals surface area contributed by atoms with Gasteiger partial charge in [-0.1, -0.05) is 36.0 Å². The summed E-state index contributed by atoms with van der Waals surface area (Å²) in [6.07, 6.45) is 0.337. The first-order valence-corrected chi connectivity index (χ1v) is 9.63. The largest absolute Gasteiger partial charge is 0.339 e. The second-order valence-corrected chi connectivity index (χ2v) is 7.53. The molecule has 0 aromatic heterocycles. The highest BCUT2D eigenvalue weighted by atomic mass is 32.2. The Kier molecular flexibility index (Phi) is 4.86. The molecule has 0 aliphatic carbocycles. The molecule has 3 aromatic carbocycles. The molecular formula is C22H19FN2OS. The molecule has 0 unspecified atom stereocenters. The molecule has 5 heteroatoms. The number of amides is 1. The number of nitrogens with one attached hydrogen (secondary N) is 1. The Balaban J connectivity index is 1.52. The van der Waals surface area contributed by atoms with E-state index in [4.69, 9.17) is 0 Å². The highest BCUT2D eigenvalue weighted by Gasteiger charge is 2.23. The van der Waals surface area contributed by atoms with Crippen LogP contribution < -0.4 is 10.2 Å². The van der Waals surface area contributed by atoms with Crippen LogP contribution >= 0.6 is 11.8 Å². The van der Waals surface area contributed by atoms with E-state index in [1.807, 2.05) is 24.3 Å². The van der Waals surface area contributed by atoms with Crippen molar-refractivity contribution in [3.05, 3.63) is 78.1 Å². The van der Waals surface area contributed by atoms with Crippen molar-refractivity contribution in [2.45, 2.75) is 23.1 Å². The highest BCUT2D eigenvalue weighted by Crippen LogP contribution is 2.47. The lowest BCUT2D eigenvalue weighted by Crippen LogP contribution is -2.26. The third-order valence-electron chi connectivity index (χ3n) is 4.56. The number of carbonyl (C=O) groups is 1. The minimum absolute atomic E-state index is 0.0853. The van der Waals surface area contributed by atoms with Crippen LogP contribution in [-0.2, 0) is 4.79 Å². The Morgan fingerprint density at radius 1 is 1.00 bits per heavy atom. The van der Waals surface area contributed by atoms with Crippen LogP contribution in [0.2, 0.25) is 0 Å². The first-order chi connectivity index (χ1) is 13.1. The molecule has 1 aliphatic rings. The van der Waals surface area contributed by atoms with E-state index in [2.05, 4.69) is 34.5 Å². The SMILES string of the molecule is Cc1cc(F)ccc1NC(=O)CCN1c2ccccc2Sc2ccccc21. The van der Waals surface area contributed by atoms with Crippen LogP contribution in [0, 0.1) is 12.7 Å². The lowest BCUT2D eigenvalue weighted by molar-refractivity contribution is -0.116. The molecule has 1 heterocycles. The van der Waals surface area contributed by atoms with Gasteiger partial charge in [0.15, 0.2) is 0 Å². The lowest BCUT2D eigenvalue weighted by Gasteiger charge is -2.32. The third-order valence-corrected chi connectivity index (χ3v) is 5.69. The predicted octanol–water partition coefficient (Wildman–Crippen LogP) is 5.77. The Hall–Kier alpha value is -2.79. The average molecular weight is 378 g/mol. The smallest absolute Gasteiger partial charge is 0.226 e. The molecule has 1 aliphatic heterocycles. The van der Waals surface area contributed by atoms with Gasteiger partial charge in [-0.3, -0.25) is 4.79 Å². The van der Waals surface area contributed by atoms with E-state index in [1.54, 1.807) is 24.8 Å². The van der Waals surface area contributed by atoms with E-state index in [0.717, 1.165) is 11.4 Å². The number of hydrogen-bond acceptors (Lipinski definition) is 3. The number of carbonyl (C=O) groups excluding carboxylic acids is 1. The summed E-state index contributed by atoms with van der Waals surface area (Å²) in [5.74, 6) is -0.387. The summed E-state index contributed by atoms with van der Waals surface area (Å²) < 4.78 is 13.2. The fourth-order valence-corrected chi connectivity index (χ4v) is 4.31. The van der Waals surface area contributed by atoms with Gasteiger partial charge < -0.3 is 10.2 Å². The molecule has 27 heavy (non-hydrogen) atoms. The summed E-state index contributed by atoms with van der Waals surface area (Å²) in [4.78, 5) is 17.0. The van der Waals surface area contributed by atoms with Crippen molar-refractivity contribution in [1.29, 1.82) is 0 Å². The van der Waals surface area contributed by atoms with E-state index >= 15 is 0 Å². The van der Waals surface area contributed by atoms with E-state index in [-0.39, 0.29) is 11.7 Å². The summed E-state index contributed by atoms with van der Waals surface area (Å²) in [6, 6.07) is 20.8. The molecule has 1 amide bonds. The quantitative estimate of drug-likeness (QED) is 0.626. The van der Waals surface area contributed by atoms with Gasteiger partial charge in [-0.25, -0.2) is 4.39 Å². The molecule has 0 fully saturated rings. The van der Waals surface area contributed by atoms with Crippen LogP contribution in [0.15, 0.2) is 76.5 Å². The summed E-state index contributed by atoms with van der Waals surface area (Å²) in [6.45, 7) is 2.35. The predicted molar refractivity (Wildman–Crippen MR) is 108 cm³/mol. The van der Waals surface area contributed by atoms with Crippen molar-refractivity contribution in [1.82, 2.24) is 0 Å². The Morgan fingerprint density at radius 3 is 2.26 bits per heavy atom. The normalized spacial score (nSPS) is 12.3. The van der Waals surface area contributed by atoms with Gasteiger partial charge in [0.1, 0.15) is 5.82 Å². The fraction of sp³-hybridized carbons (Fsp3) is 0.136. The maximum Gasteiger partial charge on any atom is 0.226 e. The van der Waals surface area contributed by atoms with E-state index in [9.17, 15) is 9.18 Å². The molecule has 0 spiro atoms. The standard InChI is InChI=1S/C22H19FN2OS/c1-15-14-16(23)10-11-17(15)24-22(26)12-13-25-18-6-2-4-8-20(18)27-21-9-5-3-7-19(21)25/h2-11,14H,12-13H2,1H3,(H,24,26). The first kappa shape index (κ1) is 17.6. The van der Waals surface area contributed by atoms with Gasteiger partial charge in [0.25, 0.3) is 0 Å². The number of hydrogen-bond donors (Lipinski definition) is 1. The van der Waals surface area contributed by atoms with Crippen molar-refractivity contribution < 1.29 is 9.18 Å². The minimum atomic E-state index is -0.301. The van der Waals surface area contributed by atoms with Crippen molar-refractivity contribution in [2.24, 2.45) is 0 Å². The third kappa shape index (κ3) is 3.69. The number of anilines is 3. The second kappa shape index (κ2) is 7.45. The van der Waals surface area contributed by atoms with Gasteiger partial charge in [-0.05, 0) is 55.0 Å². The summed E-state index contributed by atoms with van der Waals surface area (Å²) >= 11 is 1.75. The summed E-state index contributed by atoms with van der Waals surface area (Å²) in [5.41, 5.74) is 3.60. The molecular weight excluding hydrogens is 359 g/mol. The highest BCUT2D eigenvalue weighted by molar-refractivity contribution is 7.99. The van der Waals surface area contributed by atoms with E-state index in [0.29, 0.717) is 24.2 Å². The van der Waals surface area contributed by atoms with Crippen LogP contribution in [0.4, 0.5) is 21.5 Å². The van der Waals surface area contributed by atoms with Crippen LogP contribution in [0.1, 0.15) is 12.0 Å². The van der Waals surface area contributed by atoms with Crippen molar-refractivity contribution in [3.63, 3.8) is 0 Å². The number of benzene rings is 3. The monoisotopic (exact) mass is 378 g/mol. The van der Waals surface area contributed by atoms with Gasteiger partial charge >= 0.3 is 0 Å². The molecule has 3 aromatic rings. The van der Waals surface area contributed by atoms with Gasteiger partial charge in [0, 0.05) is 28.4 Å². The molecule has 3 nitrogen and oxygen atoms in total. The van der Waals surface area contributed by atoms with Crippen molar-refractivity contribution in [2.75, 3.05) is 16.8 Å². The minimum Gasteiger partial charge on any atom is -0.339 e. The molecule has 1 N–H and O–H groups in total. The molecule has 0 bridgehead atoms. The second-order valence-electron chi connectivity index (χ2n) is 6.45. The van der Waals surface area contributed by atoms with Crippen LogP contribution in [0.25, 0.3) is 0 Å². The van der Waals surface area contributed by atoms with Gasteiger partial charge in [-0.15, -0.1) is 0 Å². The molecule has 136 valence electrons. The lowest BCUT2D eigenvalue weighted by atomic mass is 10.2. The number of rotatable bonds is 4. The molecule has 4 rings (SSSR count). The average Bonchev–Trinajstić information content (AvgIpc) is 2.67. The zero-order valence-corrected chi connectivity index (χ0v) is 15.7. The Bertz CT molecular complexity index is 960. The molecule has 0 radical (unpaired) electrons. The first-order valence-electron chi connectivity index (χ1n) is 8.81. The maximum atomic E-state index is 13.2. The number of halogens is 1. The van der Waals surface area contributed by atoms with E-state index in [1.165, 1.54) is 21.9 Å². The maximum absolute atomic E-state index is 13.2. The van der Waals surface area contributed by atoms with Gasteiger partial charge in [0.2, 0.25) is 5.91 Å². The molecule has 0 saturated heterocycles. The van der Waals surface area contributed by atoms with Gasteiger partial charge in [-0.2, -0.15) is 0 Å².